The fourth-order valence-electron chi connectivity index (χ4n) is 1.82. The maximum absolute atomic E-state index is 11.8. The molecule has 2 amide bonds. The van der Waals surface area contributed by atoms with Crippen LogP contribution in [0.4, 0.5) is 5.69 Å². The van der Waals surface area contributed by atoms with Gasteiger partial charge in [-0.2, -0.15) is 0 Å². The quantitative estimate of drug-likeness (QED) is 0.754. The van der Waals surface area contributed by atoms with Gasteiger partial charge in [-0.05, 0) is 30.3 Å². The van der Waals surface area contributed by atoms with Crippen LogP contribution >= 0.6 is 23.2 Å². The molecule has 130 valence electrons. The van der Waals surface area contributed by atoms with E-state index in [2.05, 4.69) is 10.6 Å². The monoisotopic (exact) mass is 380 g/mol. The summed E-state index contributed by atoms with van der Waals surface area (Å²) in [7, 11) is 0. The molecule has 8 heteroatoms. The van der Waals surface area contributed by atoms with E-state index in [4.69, 9.17) is 27.9 Å². The van der Waals surface area contributed by atoms with Gasteiger partial charge in [0.2, 0.25) is 0 Å². The number of benzene rings is 2. The Balaban J connectivity index is 1.75. The van der Waals surface area contributed by atoms with Gasteiger partial charge in [-0.3, -0.25) is 14.4 Å². The molecule has 0 fully saturated rings. The third-order valence-electron chi connectivity index (χ3n) is 3.00. The highest BCUT2D eigenvalue weighted by atomic mass is 35.5. The summed E-state index contributed by atoms with van der Waals surface area (Å²) in [5.74, 6) is -1.73. The summed E-state index contributed by atoms with van der Waals surface area (Å²) in [5, 5.41) is 5.59. The van der Waals surface area contributed by atoms with Gasteiger partial charge in [-0.15, -0.1) is 0 Å². The summed E-state index contributed by atoms with van der Waals surface area (Å²) < 4.78 is 4.79. The molecule has 25 heavy (non-hydrogen) atoms. The highest BCUT2D eigenvalue weighted by Crippen LogP contribution is 2.25. The van der Waals surface area contributed by atoms with Crippen LogP contribution in [0.2, 0.25) is 10.0 Å². The normalized spacial score (nSPS) is 10.0. The molecule has 0 aliphatic heterocycles. The van der Waals surface area contributed by atoms with E-state index in [1.807, 2.05) is 0 Å². The molecular weight excluding hydrogens is 367 g/mol. The Kier molecular flexibility index (Phi) is 6.80. The number of hydrogen-bond acceptors (Lipinski definition) is 4. The predicted octanol–water partition coefficient (Wildman–Crippen LogP) is 2.91. The van der Waals surface area contributed by atoms with E-state index in [9.17, 15) is 14.4 Å². The van der Waals surface area contributed by atoms with E-state index in [0.29, 0.717) is 21.3 Å². The van der Waals surface area contributed by atoms with Gasteiger partial charge in [0.1, 0.15) is 6.54 Å². The van der Waals surface area contributed by atoms with Crippen molar-refractivity contribution in [3.63, 3.8) is 0 Å². The van der Waals surface area contributed by atoms with Gasteiger partial charge >= 0.3 is 5.97 Å². The summed E-state index contributed by atoms with van der Waals surface area (Å²) in [6.07, 6.45) is 0. The second-order valence-corrected chi connectivity index (χ2v) is 5.73. The molecule has 0 saturated heterocycles. The van der Waals surface area contributed by atoms with E-state index in [-0.39, 0.29) is 6.54 Å². The predicted molar refractivity (Wildman–Crippen MR) is 94.8 cm³/mol. The minimum absolute atomic E-state index is 0.305. The fourth-order valence-corrected chi connectivity index (χ4v) is 2.16. The molecule has 0 bridgehead atoms. The van der Waals surface area contributed by atoms with Gasteiger partial charge in [0, 0.05) is 10.6 Å². The first-order valence-corrected chi connectivity index (χ1v) is 7.95. The molecular formula is C17H14Cl2N2O4. The molecule has 0 atom stereocenters. The topological polar surface area (TPSA) is 84.5 Å². The van der Waals surface area contributed by atoms with Crippen molar-refractivity contribution in [3.05, 3.63) is 64.1 Å². The summed E-state index contributed by atoms with van der Waals surface area (Å²) in [5.41, 5.74) is 0.733. The lowest BCUT2D eigenvalue weighted by molar-refractivity contribution is -0.146. The number of carbonyl (C=O) groups excluding carboxylic acids is 3. The van der Waals surface area contributed by atoms with E-state index in [0.717, 1.165) is 0 Å². The Morgan fingerprint density at radius 3 is 2.44 bits per heavy atom. The second-order valence-electron chi connectivity index (χ2n) is 4.88. The zero-order valence-corrected chi connectivity index (χ0v) is 14.4. The number of anilines is 1. The Morgan fingerprint density at radius 1 is 1.00 bits per heavy atom. The summed E-state index contributed by atoms with van der Waals surface area (Å²) in [6.45, 7) is -0.859. The van der Waals surface area contributed by atoms with Crippen LogP contribution in [0.5, 0.6) is 0 Å². The van der Waals surface area contributed by atoms with E-state index in [1.165, 1.54) is 12.1 Å². The molecule has 0 spiro atoms. The first-order valence-electron chi connectivity index (χ1n) is 7.19. The smallest absolute Gasteiger partial charge is 0.325 e. The van der Waals surface area contributed by atoms with Gasteiger partial charge in [-0.1, -0.05) is 41.4 Å². The SMILES string of the molecule is O=C(COC(=O)CNC(=O)c1ccccc1)Nc1cc(Cl)ccc1Cl. The molecule has 0 saturated carbocycles. The molecule has 0 unspecified atom stereocenters. The van der Waals surface area contributed by atoms with Crippen LogP contribution in [0, 0.1) is 0 Å². The highest BCUT2D eigenvalue weighted by Gasteiger charge is 2.12. The maximum Gasteiger partial charge on any atom is 0.325 e. The van der Waals surface area contributed by atoms with Crippen LogP contribution in [0.1, 0.15) is 10.4 Å². The van der Waals surface area contributed by atoms with Crippen LogP contribution in [-0.2, 0) is 14.3 Å². The number of rotatable bonds is 6. The van der Waals surface area contributed by atoms with E-state index in [1.54, 1.807) is 36.4 Å². The summed E-state index contributed by atoms with van der Waals surface area (Å²) in [6, 6.07) is 13.0. The molecule has 2 rings (SSSR count). The van der Waals surface area contributed by atoms with Crippen molar-refractivity contribution >= 4 is 46.7 Å². The van der Waals surface area contributed by atoms with Crippen molar-refractivity contribution in [1.29, 1.82) is 0 Å². The largest absolute Gasteiger partial charge is 0.454 e. The molecule has 2 N–H and O–H groups in total. The third-order valence-corrected chi connectivity index (χ3v) is 3.56. The van der Waals surface area contributed by atoms with Crippen molar-refractivity contribution < 1.29 is 19.1 Å². The first kappa shape index (κ1) is 18.8. The van der Waals surface area contributed by atoms with Crippen molar-refractivity contribution in [2.75, 3.05) is 18.5 Å². The average molecular weight is 381 g/mol. The number of hydrogen-bond donors (Lipinski definition) is 2. The summed E-state index contributed by atoms with van der Waals surface area (Å²) in [4.78, 5) is 35.1. The zero-order chi connectivity index (χ0) is 18.2. The van der Waals surface area contributed by atoms with Crippen molar-refractivity contribution in [2.45, 2.75) is 0 Å². The molecule has 0 aliphatic carbocycles. The van der Waals surface area contributed by atoms with Crippen molar-refractivity contribution in [2.24, 2.45) is 0 Å². The van der Waals surface area contributed by atoms with Gasteiger partial charge < -0.3 is 15.4 Å². The van der Waals surface area contributed by atoms with Gasteiger partial charge in [0.05, 0.1) is 10.7 Å². The number of amides is 2. The van der Waals surface area contributed by atoms with Gasteiger partial charge in [0.15, 0.2) is 6.61 Å². The number of carbonyl (C=O) groups is 3. The zero-order valence-electron chi connectivity index (χ0n) is 12.9. The number of halogens is 2. The minimum atomic E-state index is -0.739. The molecule has 2 aromatic carbocycles. The van der Waals surface area contributed by atoms with E-state index < -0.39 is 24.4 Å². The van der Waals surface area contributed by atoms with Crippen molar-refractivity contribution in [1.82, 2.24) is 5.32 Å². The van der Waals surface area contributed by atoms with E-state index >= 15 is 0 Å². The molecule has 2 aromatic rings. The number of nitrogens with one attached hydrogen (secondary N) is 2. The lowest BCUT2D eigenvalue weighted by atomic mass is 10.2. The molecule has 6 nitrogen and oxygen atoms in total. The molecule has 0 heterocycles. The maximum atomic E-state index is 11.8. The number of ether oxygens (including phenoxy) is 1. The minimum Gasteiger partial charge on any atom is -0.454 e. The molecule has 0 radical (unpaired) electrons. The standard InChI is InChI=1S/C17H14Cl2N2O4/c18-12-6-7-13(19)14(8-12)21-15(22)10-25-16(23)9-20-17(24)11-4-2-1-3-5-11/h1-8H,9-10H2,(H,20,24)(H,21,22). The average Bonchev–Trinajstić information content (AvgIpc) is 2.61. The molecule has 0 aromatic heterocycles. The molecule has 0 aliphatic rings. The van der Waals surface area contributed by atoms with Crippen LogP contribution in [0.25, 0.3) is 0 Å². The lowest BCUT2D eigenvalue weighted by Gasteiger charge is -2.09. The first-order chi connectivity index (χ1) is 12.0. The highest BCUT2D eigenvalue weighted by molar-refractivity contribution is 6.35. The Bertz CT molecular complexity index is 781. The fraction of sp³-hybridized carbons (Fsp3) is 0.118. The Morgan fingerprint density at radius 2 is 1.72 bits per heavy atom. The van der Waals surface area contributed by atoms with Gasteiger partial charge in [-0.25, -0.2) is 0 Å². The van der Waals surface area contributed by atoms with Crippen LogP contribution in [0.3, 0.4) is 0 Å². The lowest BCUT2D eigenvalue weighted by Crippen LogP contribution is -2.32. The Labute approximate surface area is 154 Å². The van der Waals surface area contributed by atoms with Gasteiger partial charge in [0.25, 0.3) is 11.8 Å². The Hall–Kier alpha value is -2.57. The van der Waals surface area contributed by atoms with Crippen LogP contribution < -0.4 is 10.6 Å². The second kappa shape index (κ2) is 9.05. The third kappa shape index (κ3) is 6.10. The van der Waals surface area contributed by atoms with Crippen LogP contribution in [0.15, 0.2) is 48.5 Å². The number of esters is 1. The summed E-state index contributed by atoms with van der Waals surface area (Å²) >= 11 is 11.7. The van der Waals surface area contributed by atoms with Crippen molar-refractivity contribution in [3.8, 4) is 0 Å². The van der Waals surface area contributed by atoms with Crippen LogP contribution in [-0.4, -0.2) is 30.9 Å².